The number of aromatic carboxylic acids is 1. The van der Waals surface area contributed by atoms with Gasteiger partial charge in [0.25, 0.3) is 5.82 Å². The van der Waals surface area contributed by atoms with Crippen LogP contribution in [0, 0.1) is 0 Å². The number of carboxylic acids is 1. The molecule has 7 nitrogen and oxygen atoms in total. The summed E-state index contributed by atoms with van der Waals surface area (Å²) in [5.41, 5.74) is 0. The molecule has 1 saturated heterocycles. The molecule has 1 amide bonds. The SMILES string of the molecule is O=C(O)c1n[nH]c(C2CN(C(=O)C(F)(F)F)C2)n1. The Labute approximate surface area is 97.6 Å². The first-order chi connectivity index (χ1) is 8.29. The fourth-order valence-electron chi connectivity index (χ4n) is 1.55. The van der Waals surface area contributed by atoms with Gasteiger partial charge >= 0.3 is 18.1 Å². The molecule has 0 bridgehead atoms. The summed E-state index contributed by atoms with van der Waals surface area (Å²) in [5, 5.41) is 14.3. The average Bonchev–Trinajstić information content (AvgIpc) is 2.62. The molecule has 0 atom stereocenters. The largest absolute Gasteiger partial charge is 0.475 e. The Balaban J connectivity index is 1.96. The van der Waals surface area contributed by atoms with Crippen molar-refractivity contribution in [2.75, 3.05) is 13.1 Å². The van der Waals surface area contributed by atoms with Gasteiger partial charge in [0.1, 0.15) is 5.82 Å². The van der Waals surface area contributed by atoms with Gasteiger partial charge in [-0.3, -0.25) is 9.89 Å². The van der Waals surface area contributed by atoms with E-state index in [0.717, 1.165) is 0 Å². The molecule has 10 heteroatoms. The predicted molar refractivity (Wildman–Crippen MR) is 48.7 cm³/mol. The van der Waals surface area contributed by atoms with E-state index in [1.54, 1.807) is 0 Å². The smallest absolute Gasteiger partial charge is 0.471 e. The van der Waals surface area contributed by atoms with Crippen LogP contribution in [0.5, 0.6) is 0 Å². The molecule has 1 aliphatic heterocycles. The zero-order chi connectivity index (χ0) is 13.5. The van der Waals surface area contributed by atoms with E-state index in [1.165, 1.54) is 0 Å². The maximum Gasteiger partial charge on any atom is 0.471 e. The molecule has 98 valence electrons. The number of halogens is 3. The number of aromatic nitrogens is 3. The molecule has 1 aliphatic rings. The van der Waals surface area contributed by atoms with Gasteiger partial charge in [-0.1, -0.05) is 0 Å². The Bertz CT molecular complexity index is 492. The Morgan fingerprint density at radius 3 is 2.44 bits per heavy atom. The second kappa shape index (κ2) is 3.96. The van der Waals surface area contributed by atoms with E-state index in [1.807, 2.05) is 0 Å². The van der Waals surface area contributed by atoms with Gasteiger partial charge < -0.3 is 10.0 Å². The molecule has 2 rings (SSSR count). The number of rotatable bonds is 2. The van der Waals surface area contributed by atoms with E-state index in [0.29, 0.717) is 4.90 Å². The molecule has 0 aromatic carbocycles. The zero-order valence-corrected chi connectivity index (χ0v) is 8.73. The third-order valence-corrected chi connectivity index (χ3v) is 2.49. The van der Waals surface area contributed by atoms with Gasteiger partial charge in [0.05, 0.1) is 5.92 Å². The van der Waals surface area contributed by atoms with Crippen LogP contribution in [-0.2, 0) is 4.79 Å². The number of carboxylic acid groups (broad SMARTS) is 1. The number of nitrogens with zero attached hydrogens (tertiary/aromatic N) is 3. The molecule has 1 aromatic rings. The number of alkyl halides is 3. The van der Waals surface area contributed by atoms with Crippen molar-refractivity contribution in [3.8, 4) is 0 Å². The minimum Gasteiger partial charge on any atom is -0.475 e. The monoisotopic (exact) mass is 264 g/mol. The molecule has 0 aliphatic carbocycles. The van der Waals surface area contributed by atoms with Crippen molar-refractivity contribution in [1.82, 2.24) is 20.1 Å². The third kappa shape index (κ3) is 2.13. The molecule has 0 radical (unpaired) electrons. The van der Waals surface area contributed by atoms with Crippen LogP contribution in [-0.4, -0.2) is 56.3 Å². The summed E-state index contributed by atoms with van der Waals surface area (Å²) in [4.78, 5) is 25.5. The van der Waals surface area contributed by atoms with Gasteiger partial charge in [-0.25, -0.2) is 9.78 Å². The summed E-state index contributed by atoms with van der Waals surface area (Å²) in [6, 6.07) is 0. The highest BCUT2D eigenvalue weighted by Gasteiger charge is 2.47. The number of H-pyrrole nitrogens is 1. The van der Waals surface area contributed by atoms with Crippen LogP contribution in [0.4, 0.5) is 13.2 Å². The molecule has 2 heterocycles. The minimum absolute atomic E-state index is 0.160. The van der Waals surface area contributed by atoms with E-state index < -0.39 is 29.8 Å². The third-order valence-electron chi connectivity index (χ3n) is 2.49. The van der Waals surface area contributed by atoms with Crippen molar-refractivity contribution >= 4 is 11.9 Å². The summed E-state index contributed by atoms with van der Waals surface area (Å²) in [6.07, 6.45) is -4.89. The normalized spacial score (nSPS) is 16.5. The Kier molecular flexibility index (Phi) is 2.71. The maximum absolute atomic E-state index is 12.1. The van der Waals surface area contributed by atoms with Crippen molar-refractivity contribution in [3.05, 3.63) is 11.6 Å². The average molecular weight is 264 g/mol. The molecule has 0 unspecified atom stereocenters. The van der Waals surface area contributed by atoms with Crippen LogP contribution in [0.3, 0.4) is 0 Å². The summed E-state index contributed by atoms with van der Waals surface area (Å²) in [6.45, 7) is -0.320. The highest BCUT2D eigenvalue weighted by atomic mass is 19.4. The van der Waals surface area contributed by atoms with Crippen LogP contribution in [0.15, 0.2) is 0 Å². The number of carbonyl (C=O) groups is 2. The number of amides is 1. The van der Waals surface area contributed by atoms with E-state index in [9.17, 15) is 22.8 Å². The van der Waals surface area contributed by atoms with Crippen LogP contribution >= 0.6 is 0 Å². The van der Waals surface area contributed by atoms with E-state index in [2.05, 4.69) is 15.2 Å². The second-order valence-electron chi connectivity index (χ2n) is 3.75. The Morgan fingerprint density at radius 1 is 1.39 bits per heavy atom. The van der Waals surface area contributed by atoms with Crippen LogP contribution in [0.2, 0.25) is 0 Å². The molecular weight excluding hydrogens is 257 g/mol. The van der Waals surface area contributed by atoms with Crippen LogP contribution in [0.1, 0.15) is 22.4 Å². The maximum atomic E-state index is 12.1. The molecule has 2 N–H and O–H groups in total. The minimum atomic E-state index is -4.89. The summed E-state index contributed by atoms with van der Waals surface area (Å²) >= 11 is 0. The van der Waals surface area contributed by atoms with Crippen LogP contribution < -0.4 is 0 Å². The summed E-state index contributed by atoms with van der Waals surface area (Å²) < 4.78 is 36.2. The first-order valence-corrected chi connectivity index (χ1v) is 4.80. The highest BCUT2D eigenvalue weighted by molar-refractivity contribution is 5.83. The van der Waals surface area contributed by atoms with Crippen molar-refractivity contribution in [1.29, 1.82) is 0 Å². The number of hydrogen-bond donors (Lipinski definition) is 2. The second-order valence-corrected chi connectivity index (χ2v) is 3.75. The molecule has 18 heavy (non-hydrogen) atoms. The summed E-state index contributed by atoms with van der Waals surface area (Å²) in [7, 11) is 0. The number of carbonyl (C=O) groups excluding carboxylic acids is 1. The Hall–Kier alpha value is -2.13. The lowest BCUT2D eigenvalue weighted by molar-refractivity contribution is -0.190. The Morgan fingerprint density at radius 2 is 2.00 bits per heavy atom. The van der Waals surface area contributed by atoms with Gasteiger partial charge in [-0.15, -0.1) is 5.10 Å². The first-order valence-electron chi connectivity index (χ1n) is 4.80. The van der Waals surface area contributed by atoms with Gasteiger partial charge in [-0.05, 0) is 0 Å². The molecule has 1 aromatic heterocycles. The lowest BCUT2D eigenvalue weighted by atomic mass is 9.99. The number of aromatic amines is 1. The van der Waals surface area contributed by atoms with Gasteiger partial charge in [-0.2, -0.15) is 13.2 Å². The van der Waals surface area contributed by atoms with E-state index >= 15 is 0 Å². The standard InChI is InChI=1S/C8H7F3N4O3/c9-8(10,11)7(18)15-1-3(2-15)4-12-5(6(16)17)14-13-4/h3H,1-2H2,(H,16,17)(H,12,13,14). The lowest BCUT2D eigenvalue weighted by Gasteiger charge is -2.38. The van der Waals surface area contributed by atoms with Crippen molar-refractivity contribution < 1.29 is 27.9 Å². The quantitative estimate of drug-likeness (QED) is 0.782. The number of hydrogen-bond acceptors (Lipinski definition) is 4. The molecule has 0 saturated carbocycles. The summed E-state index contributed by atoms with van der Waals surface area (Å²) in [5.74, 6) is -3.97. The first kappa shape index (κ1) is 12.3. The molecule has 0 spiro atoms. The fourth-order valence-corrected chi connectivity index (χ4v) is 1.55. The van der Waals surface area contributed by atoms with E-state index in [4.69, 9.17) is 5.11 Å². The van der Waals surface area contributed by atoms with E-state index in [-0.39, 0.29) is 18.9 Å². The molecular formula is C8H7F3N4O3. The van der Waals surface area contributed by atoms with Crippen molar-refractivity contribution in [2.24, 2.45) is 0 Å². The van der Waals surface area contributed by atoms with Crippen LogP contribution in [0.25, 0.3) is 0 Å². The predicted octanol–water partition coefficient (Wildman–Crippen LogP) is -0.00900. The zero-order valence-electron chi connectivity index (χ0n) is 8.73. The lowest BCUT2D eigenvalue weighted by Crippen LogP contribution is -2.53. The number of nitrogens with one attached hydrogen (secondary N) is 1. The molecule has 1 fully saturated rings. The van der Waals surface area contributed by atoms with Gasteiger partial charge in [0, 0.05) is 13.1 Å². The van der Waals surface area contributed by atoms with Crippen molar-refractivity contribution in [3.63, 3.8) is 0 Å². The topological polar surface area (TPSA) is 99.2 Å². The highest BCUT2D eigenvalue weighted by Crippen LogP contribution is 2.29. The fraction of sp³-hybridized carbons (Fsp3) is 0.500. The van der Waals surface area contributed by atoms with Gasteiger partial charge in [0.2, 0.25) is 0 Å². The van der Waals surface area contributed by atoms with Gasteiger partial charge in [0.15, 0.2) is 0 Å². The number of likely N-dealkylation sites (tertiary alicyclic amines) is 1. The van der Waals surface area contributed by atoms with Crippen molar-refractivity contribution in [2.45, 2.75) is 12.1 Å².